The normalized spacial score (nSPS) is 11.2. The Kier molecular flexibility index (Phi) is 7.47. The van der Waals surface area contributed by atoms with Crippen molar-refractivity contribution in [2.75, 3.05) is 6.61 Å². The van der Waals surface area contributed by atoms with E-state index in [1.165, 1.54) is 0 Å². The highest BCUT2D eigenvalue weighted by atomic mass is 32.1. The quantitative estimate of drug-likeness (QED) is 0.272. The number of fused-ring (bicyclic) bond motifs is 1. The first-order valence-corrected chi connectivity index (χ1v) is 13.5. The number of benzene rings is 2. The zero-order chi connectivity index (χ0) is 27.5. The van der Waals surface area contributed by atoms with Crippen LogP contribution in [0.5, 0.6) is 11.6 Å². The van der Waals surface area contributed by atoms with Crippen molar-refractivity contribution < 1.29 is 9.84 Å². The van der Waals surface area contributed by atoms with Crippen LogP contribution in [0.4, 0.5) is 0 Å². The molecular formula is C29H29N5O4S. The minimum atomic E-state index is -0.342. The maximum absolute atomic E-state index is 13.7. The summed E-state index contributed by atoms with van der Waals surface area (Å²) in [4.78, 5) is 32.5. The van der Waals surface area contributed by atoms with Crippen molar-refractivity contribution in [3.05, 3.63) is 109 Å². The topological polar surface area (TPSA) is 115 Å². The summed E-state index contributed by atoms with van der Waals surface area (Å²) in [5.41, 5.74) is 4.22. The van der Waals surface area contributed by atoms with Crippen LogP contribution in [0, 0.1) is 0 Å². The second-order valence-electron chi connectivity index (χ2n) is 9.21. The predicted octanol–water partition coefficient (Wildman–Crippen LogP) is 4.27. The SMILES string of the molecule is C=C(c1ccc(OCCn2c(Cc3ccccc3)nc3c(CCC)nn(C)c3c2=O)cc1)c1sc(=O)[nH]c1O. The predicted molar refractivity (Wildman–Crippen MR) is 153 cm³/mol. The number of rotatable bonds is 10. The molecule has 0 atom stereocenters. The average molecular weight is 544 g/mol. The van der Waals surface area contributed by atoms with Crippen LogP contribution in [0.3, 0.4) is 0 Å². The smallest absolute Gasteiger partial charge is 0.307 e. The van der Waals surface area contributed by atoms with Gasteiger partial charge in [0.1, 0.15) is 23.7 Å². The van der Waals surface area contributed by atoms with Crippen molar-refractivity contribution in [2.24, 2.45) is 7.05 Å². The fourth-order valence-electron chi connectivity index (χ4n) is 4.57. The molecule has 0 unspecified atom stereocenters. The molecule has 9 nitrogen and oxygen atoms in total. The van der Waals surface area contributed by atoms with E-state index in [9.17, 15) is 14.7 Å². The number of ether oxygens (including phenoxy) is 1. The molecule has 5 aromatic rings. The van der Waals surface area contributed by atoms with Gasteiger partial charge in [-0.05, 0) is 35.3 Å². The maximum Gasteiger partial charge on any atom is 0.307 e. The van der Waals surface area contributed by atoms with Crippen molar-refractivity contribution in [3.63, 3.8) is 0 Å². The second-order valence-corrected chi connectivity index (χ2v) is 10.2. The van der Waals surface area contributed by atoms with E-state index in [4.69, 9.17) is 9.72 Å². The molecule has 2 N–H and O–H groups in total. The minimum absolute atomic E-state index is 0.135. The number of hydrogen-bond acceptors (Lipinski definition) is 7. The van der Waals surface area contributed by atoms with Gasteiger partial charge >= 0.3 is 4.87 Å². The van der Waals surface area contributed by atoms with Crippen LogP contribution in [0.15, 0.2) is 70.8 Å². The fraction of sp³-hybridized carbons (Fsp3) is 0.241. The molecular weight excluding hydrogens is 514 g/mol. The summed E-state index contributed by atoms with van der Waals surface area (Å²) >= 11 is 0.906. The molecule has 200 valence electrons. The molecule has 0 saturated carbocycles. The lowest BCUT2D eigenvalue weighted by atomic mass is 10.1. The standard InChI is InChI=1S/C29H29N5O4S/c1-4-8-22-24-25(33(3)32-22)28(36)34(23(30-24)17-19-9-6-5-7-10-19)15-16-38-21-13-11-20(12-14-21)18(2)26-27(35)31-29(37)39-26/h5-7,9-14,35H,2,4,8,15-17H2,1,3H3,(H,31,37). The molecule has 3 heterocycles. The minimum Gasteiger partial charge on any atom is -0.493 e. The summed E-state index contributed by atoms with van der Waals surface area (Å²) in [6.45, 7) is 6.66. The Labute approximate surface area is 228 Å². The summed E-state index contributed by atoms with van der Waals surface area (Å²) in [5, 5.41) is 14.5. The Balaban J connectivity index is 1.38. The molecule has 0 aliphatic rings. The van der Waals surface area contributed by atoms with Gasteiger partial charge in [0.2, 0.25) is 5.88 Å². The van der Waals surface area contributed by atoms with Gasteiger partial charge in [-0.1, -0.05) is 73.7 Å². The van der Waals surface area contributed by atoms with E-state index in [1.807, 2.05) is 42.5 Å². The third-order valence-corrected chi connectivity index (χ3v) is 7.41. The van der Waals surface area contributed by atoms with Gasteiger partial charge in [-0.3, -0.25) is 23.8 Å². The molecule has 0 aliphatic heterocycles. The molecule has 3 aromatic heterocycles. The number of aryl methyl sites for hydroxylation is 2. The van der Waals surface area contributed by atoms with Gasteiger partial charge < -0.3 is 9.84 Å². The Morgan fingerprint density at radius 2 is 1.87 bits per heavy atom. The lowest BCUT2D eigenvalue weighted by molar-refractivity contribution is 0.294. The summed E-state index contributed by atoms with van der Waals surface area (Å²) in [6.07, 6.45) is 2.19. The molecule has 0 bridgehead atoms. The van der Waals surface area contributed by atoms with E-state index >= 15 is 0 Å². The summed E-state index contributed by atoms with van der Waals surface area (Å²) in [7, 11) is 1.78. The van der Waals surface area contributed by atoms with Crippen molar-refractivity contribution in [2.45, 2.75) is 32.7 Å². The van der Waals surface area contributed by atoms with Gasteiger partial charge in [0, 0.05) is 13.5 Å². The first-order chi connectivity index (χ1) is 18.9. The molecule has 10 heteroatoms. The van der Waals surface area contributed by atoms with Gasteiger partial charge in [-0.25, -0.2) is 4.98 Å². The second kappa shape index (κ2) is 11.1. The van der Waals surface area contributed by atoms with E-state index in [0.29, 0.717) is 46.0 Å². The maximum atomic E-state index is 13.7. The molecule has 0 fully saturated rings. The Bertz CT molecular complexity index is 1750. The number of aromatic amines is 1. The van der Waals surface area contributed by atoms with Crippen molar-refractivity contribution in [1.82, 2.24) is 24.3 Å². The zero-order valence-electron chi connectivity index (χ0n) is 21.8. The number of nitrogens with zero attached hydrogens (tertiary/aromatic N) is 4. The van der Waals surface area contributed by atoms with Gasteiger partial charge in [-0.2, -0.15) is 5.10 Å². The number of thiazole rings is 1. The van der Waals surface area contributed by atoms with Gasteiger partial charge in [-0.15, -0.1) is 0 Å². The molecule has 0 aliphatic carbocycles. The number of nitrogens with one attached hydrogen (secondary N) is 1. The number of aromatic nitrogens is 5. The summed E-state index contributed by atoms with van der Waals surface area (Å²) in [5.74, 6) is 1.10. The third-order valence-electron chi connectivity index (χ3n) is 6.47. The summed E-state index contributed by atoms with van der Waals surface area (Å²) in [6, 6.07) is 17.2. The molecule has 0 spiro atoms. The van der Waals surface area contributed by atoms with Gasteiger partial charge in [0.05, 0.1) is 17.1 Å². The lowest BCUT2D eigenvalue weighted by Crippen LogP contribution is -2.29. The molecule has 0 amide bonds. The molecule has 2 aromatic carbocycles. The van der Waals surface area contributed by atoms with Crippen LogP contribution in [-0.4, -0.2) is 36.0 Å². The first-order valence-electron chi connectivity index (χ1n) is 12.7. The van der Waals surface area contributed by atoms with Crippen LogP contribution in [0.25, 0.3) is 16.6 Å². The Morgan fingerprint density at radius 3 is 2.54 bits per heavy atom. The van der Waals surface area contributed by atoms with E-state index in [0.717, 1.165) is 41.0 Å². The van der Waals surface area contributed by atoms with Crippen LogP contribution in [-0.2, 0) is 26.4 Å². The van der Waals surface area contributed by atoms with Crippen LogP contribution in [0.1, 0.15) is 40.9 Å². The third kappa shape index (κ3) is 5.42. The Hall–Kier alpha value is -4.44. The van der Waals surface area contributed by atoms with E-state index in [2.05, 4.69) is 23.6 Å². The van der Waals surface area contributed by atoms with Crippen molar-refractivity contribution in [1.29, 1.82) is 0 Å². The number of aromatic hydroxyl groups is 1. The molecule has 39 heavy (non-hydrogen) atoms. The van der Waals surface area contributed by atoms with Crippen molar-refractivity contribution in [3.8, 4) is 11.6 Å². The molecule has 5 rings (SSSR count). The number of hydrogen-bond donors (Lipinski definition) is 2. The van der Waals surface area contributed by atoms with E-state index in [-0.39, 0.29) is 22.9 Å². The largest absolute Gasteiger partial charge is 0.493 e. The van der Waals surface area contributed by atoms with Crippen LogP contribution < -0.4 is 15.2 Å². The highest BCUT2D eigenvalue weighted by Gasteiger charge is 2.19. The first kappa shape index (κ1) is 26.2. The zero-order valence-corrected chi connectivity index (χ0v) is 22.6. The van der Waals surface area contributed by atoms with Crippen LogP contribution in [0.2, 0.25) is 0 Å². The monoisotopic (exact) mass is 543 g/mol. The molecule has 0 radical (unpaired) electrons. The highest BCUT2D eigenvalue weighted by molar-refractivity contribution is 7.10. The molecule has 0 saturated heterocycles. The average Bonchev–Trinajstić information content (AvgIpc) is 3.43. The number of H-pyrrole nitrogens is 1. The van der Waals surface area contributed by atoms with Gasteiger partial charge in [0.25, 0.3) is 5.56 Å². The highest BCUT2D eigenvalue weighted by Crippen LogP contribution is 2.30. The fourth-order valence-corrected chi connectivity index (χ4v) is 5.29. The Morgan fingerprint density at radius 1 is 1.13 bits per heavy atom. The van der Waals surface area contributed by atoms with E-state index < -0.39 is 0 Å². The van der Waals surface area contributed by atoms with E-state index in [1.54, 1.807) is 28.4 Å². The van der Waals surface area contributed by atoms with Crippen LogP contribution >= 0.6 is 11.3 Å². The lowest BCUT2D eigenvalue weighted by Gasteiger charge is -2.14. The van der Waals surface area contributed by atoms with Crippen molar-refractivity contribution >= 4 is 27.9 Å². The summed E-state index contributed by atoms with van der Waals surface area (Å²) < 4.78 is 9.29. The van der Waals surface area contributed by atoms with Gasteiger partial charge in [0.15, 0.2) is 5.52 Å².